The van der Waals surface area contributed by atoms with E-state index >= 15 is 0 Å². The number of carboxylic acids is 1. The fourth-order valence-corrected chi connectivity index (χ4v) is 2.34. The van der Waals surface area contributed by atoms with Crippen LogP contribution in [-0.2, 0) is 0 Å². The Bertz CT molecular complexity index is 816. The van der Waals surface area contributed by atoms with Crippen molar-refractivity contribution in [1.29, 1.82) is 0 Å². The van der Waals surface area contributed by atoms with Crippen LogP contribution >= 0.6 is 15.9 Å². The molecule has 0 aliphatic carbocycles. The topological polar surface area (TPSA) is 62.2 Å². The molecule has 21 heavy (non-hydrogen) atoms. The summed E-state index contributed by atoms with van der Waals surface area (Å²) in [5.74, 6) is -1.04. The summed E-state index contributed by atoms with van der Waals surface area (Å²) in [6, 6.07) is 16.7. The molecule has 5 heteroatoms. The Hall–Kier alpha value is -2.40. The van der Waals surface area contributed by atoms with Crippen LogP contribution in [0.3, 0.4) is 0 Å². The number of benzene rings is 2. The Morgan fingerprint density at radius 3 is 2.52 bits per heavy atom. The van der Waals surface area contributed by atoms with Crippen molar-refractivity contribution in [2.24, 2.45) is 0 Å². The molecule has 0 aliphatic heterocycles. The molecule has 0 spiro atoms. The zero-order valence-electron chi connectivity index (χ0n) is 10.9. The average Bonchev–Trinajstić information content (AvgIpc) is 2.49. The minimum absolute atomic E-state index is 0.0216. The summed E-state index contributed by atoms with van der Waals surface area (Å²) in [6.45, 7) is 0. The third-order valence-corrected chi connectivity index (χ3v) is 3.59. The van der Waals surface area contributed by atoms with Crippen LogP contribution in [0.4, 0.5) is 11.4 Å². The van der Waals surface area contributed by atoms with E-state index in [0.717, 1.165) is 21.2 Å². The van der Waals surface area contributed by atoms with Crippen LogP contribution in [-0.4, -0.2) is 16.1 Å². The van der Waals surface area contributed by atoms with Gasteiger partial charge in [0, 0.05) is 15.5 Å². The van der Waals surface area contributed by atoms with Gasteiger partial charge in [-0.1, -0.05) is 34.1 Å². The summed E-state index contributed by atoms with van der Waals surface area (Å²) < 4.78 is 0.985. The number of aromatic nitrogens is 1. The van der Waals surface area contributed by atoms with Crippen molar-refractivity contribution in [2.75, 3.05) is 5.32 Å². The summed E-state index contributed by atoms with van der Waals surface area (Å²) >= 11 is 3.39. The highest BCUT2D eigenvalue weighted by Gasteiger charge is 2.10. The highest BCUT2D eigenvalue weighted by Crippen LogP contribution is 2.27. The van der Waals surface area contributed by atoms with Gasteiger partial charge in [-0.3, -0.25) is 0 Å². The van der Waals surface area contributed by atoms with E-state index in [-0.39, 0.29) is 5.69 Å². The van der Waals surface area contributed by atoms with Gasteiger partial charge in [0.15, 0.2) is 5.69 Å². The smallest absolute Gasteiger partial charge is 0.354 e. The van der Waals surface area contributed by atoms with Gasteiger partial charge < -0.3 is 10.4 Å². The number of hydrogen-bond donors (Lipinski definition) is 2. The molecule has 0 saturated heterocycles. The van der Waals surface area contributed by atoms with E-state index in [1.54, 1.807) is 12.1 Å². The number of rotatable bonds is 3. The van der Waals surface area contributed by atoms with Gasteiger partial charge in [0.25, 0.3) is 0 Å². The van der Waals surface area contributed by atoms with Crippen molar-refractivity contribution in [3.05, 3.63) is 64.8 Å². The van der Waals surface area contributed by atoms with Crippen molar-refractivity contribution in [2.45, 2.75) is 0 Å². The van der Waals surface area contributed by atoms with Gasteiger partial charge in [0.05, 0.1) is 11.2 Å². The maximum atomic E-state index is 11.2. The lowest BCUT2D eigenvalue weighted by molar-refractivity contribution is 0.0691. The van der Waals surface area contributed by atoms with E-state index in [9.17, 15) is 9.90 Å². The van der Waals surface area contributed by atoms with Gasteiger partial charge in [0.1, 0.15) is 0 Å². The van der Waals surface area contributed by atoms with E-state index in [4.69, 9.17) is 0 Å². The molecule has 0 saturated carbocycles. The Balaban J connectivity index is 2.11. The lowest BCUT2D eigenvalue weighted by atomic mass is 10.1. The Morgan fingerprint density at radius 2 is 1.81 bits per heavy atom. The molecule has 0 radical (unpaired) electrons. The molecule has 0 atom stereocenters. The van der Waals surface area contributed by atoms with Crippen molar-refractivity contribution in [3.8, 4) is 0 Å². The van der Waals surface area contributed by atoms with Crippen molar-refractivity contribution in [1.82, 2.24) is 4.98 Å². The maximum Gasteiger partial charge on any atom is 0.354 e. The summed E-state index contributed by atoms with van der Waals surface area (Å²) in [5.41, 5.74) is 2.27. The fraction of sp³-hybridized carbons (Fsp3) is 0. The first-order valence-electron chi connectivity index (χ1n) is 6.29. The first-order valence-corrected chi connectivity index (χ1v) is 7.08. The zero-order valence-corrected chi connectivity index (χ0v) is 12.5. The van der Waals surface area contributed by atoms with Crippen LogP contribution < -0.4 is 5.32 Å². The molecule has 104 valence electrons. The van der Waals surface area contributed by atoms with Crippen LogP contribution in [0.2, 0.25) is 0 Å². The Kier molecular flexibility index (Phi) is 3.58. The van der Waals surface area contributed by atoms with Crippen molar-refractivity contribution < 1.29 is 9.90 Å². The number of carbonyl (C=O) groups is 1. The number of anilines is 2. The molecule has 3 aromatic rings. The predicted octanol–water partition coefficient (Wildman–Crippen LogP) is 4.44. The van der Waals surface area contributed by atoms with Crippen LogP contribution in [0.25, 0.3) is 10.9 Å². The zero-order chi connectivity index (χ0) is 14.8. The first kappa shape index (κ1) is 13.6. The van der Waals surface area contributed by atoms with E-state index in [1.165, 1.54) is 0 Å². The molecule has 3 rings (SSSR count). The summed E-state index contributed by atoms with van der Waals surface area (Å²) in [6.07, 6.45) is 0. The molecule has 4 nitrogen and oxygen atoms in total. The second kappa shape index (κ2) is 5.54. The van der Waals surface area contributed by atoms with Crippen molar-refractivity contribution in [3.63, 3.8) is 0 Å². The third kappa shape index (κ3) is 2.87. The molecule has 0 bridgehead atoms. The number of pyridine rings is 1. The van der Waals surface area contributed by atoms with Gasteiger partial charge in [-0.2, -0.15) is 0 Å². The molecule has 0 aliphatic rings. The lowest BCUT2D eigenvalue weighted by Gasteiger charge is -2.11. The van der Waals surface area contributed by atoms with Gasteiger partial charge in [-0.05, 0) is 36.4 Å². The van der Waals surface area contributed by atoms with Gasteiger partial charge >= 0.3 is 5.97 Å². The molecule has 0 unspecified atom stereocenters. The molecule has 2 aromatic carbocycles. The number of halogens is 1. The van der Waals surface area contributed by atoms with E-state index < -0.39 is 5.97 Å². The monoisotopic (exact) mass is 342 g/mol. The average molecular weight is 343 g/mol. The number of carboxylic acid groups (broad SMARTS) is 1. The highest BCUT2D eigenvalue weighted by molar-refractivity contribution is 9.10. The molecular weight excluding hydrogens is 332 g/mol. The van der Waals surface area contributed by atoms with Crippen LogP contribution in [0.15, 0.2) is 59.1 Å². The number of nitrogens with one attached hydrogen (secondary N) is 1. The second-order valence-electron chi connectivity index (χ2n) is 4.51. The standard InChI is InChI=1S/C16H11BrN2O2/c17-10-5-7-11(8-6-10)18-14-9-15(16(20)21)19-13-4-2-1-3-12(13)14/h1-9H,(H,18,19)(H,20,21). The second-order valence-corrected chi connectivity index (χ2v) is 5.42. The fourth-order valence-electron chi connectivity index (χ4n) is 2.08. The van der Waals surface area contributed by atoms with Crippen LogP contribution in [0.5, 0.6) is 0 Å². The summed E-state index contributed by atoms with van der Waals surface area (Å²) in [5, 5.41) is 13.3. The summed E-state index contributed by atoms with van der Waals surface area (Å²) in [4.78, 5) is 15.3. The maximum absolute atomic E-state index is 11.2. The Labute approximate surface area is 129 Å². The minimum atomic E-state index is -1.04. The molecule has 0 amide bonds. The lowest BCUT2D eigenvalue weighted by Crippen LogP contribution is -2.02. The van der Waals surface area contributed by atoms with Gasteiger partial charge in [-0.15, -0.1) is 0 Å². The summed E-state index contributed by atoms with van der Waals surface area (Å²) in [7, 11) is 0. The number of nitrogens with zero attached hydrogens (tertiary/aromatic N) is 1. The van der Waals surface area contributed by atoms with E-state index in [1.807, 2.05) is 42.5 Å². The van der Waals surface area contributed by atoms with Crippen molar-refractivity contribution >= 4 is 44.2 Å². The number of para-hydroxylation sites is 1. The molecule has 1 heterocycles. The van der Waals surface area contributed by atoms with Gasteiger partial charge in [-0.25, -0.2) is 9.78 Å². The third-order valence-electron chi connectivity index (χ3n) is 3.06. The molecular formula is C16H11BrN2O2. The minimum Gasteiger partial charge on any atom is -0.477 e. The molecule has 1 aromatic heterocycles. The van der Waals surface area contributed by atoms with Crippen LogP contribution in [0, 0.1) is 0 Å². The predicted molar refractivity (Wildman–Crippen MR) is 86.1 cm³/mol. The highest BCUT2D eigenvalue weighted by atomic mass is 79.9. The molecule has 2 N–H and O–H groups in total. The quantitative estimate of drug-likeness (QED) is 0.738. The Morgan fingerprint density at radius 1 is 1.10 bits per heavy atom. The first-order chi connectivity index (χ1) is 10.1. The van der Waals surface area contributed by atoms with E-state index in [2.05, 4.69) is 26.2 Å². The number of aromatic carboxylic acids is 1. The van der Waals surface area contributed by atoms with E-state index in [0.29, 0.717) is 5.52 Å². The molecule has 0 fully saturated rings. The largest absolute Gasteiger partial charge is 0.477 e. The normalized spacial score (nSPS) is 10.5. The SMILES string of the molecule is O=C(O)c1cc(Nc2ccc(Br)cc2)c2ccccc2n1. The number of hydrogen-bond acceptors (Lipinski definition) is 3. The number of fused-ring (bicyclic) bond motifs is 1. The van der Waals surface area contributed by atoms with Gasteiger partial charge in [0.2, 0.25) is 0 Å². The van der Waals surface area contributed by atoms with Crippen LogP contribution in [0.1, 0.15) is 10.5 Å².